The quantitative estimate of drug-likeness (QED) is 0.579. The SMILES string of the molecule is [c]1ccn(-c2nc3ccccc3o2)n1. The van der Waals surface area contributed by atoms with Crippen molar-refractivity contribution in [3.05, 3.63) is 42.7 Å². The van der Waals surface area contributed by atoms with Crippen molar-refractivity contribution < 1.29 is 4.42 Å². The molecule has 0 N–H and O–H groups in total. The number of benzene rings is 1. The minimum absolute atomic E-state index is 0.465. The van der Waals surface area contributed by atoms with E-state index in [0.29, 0.717) is 6.01 Å². The van der Waals surface area contributed by atoms with Crippen molar-refractivity contribution in [1.82, 2.24) is 14.8 Å². The fourth-order valence-corrected chi connectivity index (χ4v) is 1.30. The molecule has 3 aromatic rings. The number of rotatable bonds is 1. The van der Waals surface area contributed by atoms with E-state index < -0.39 is 0 Å². The van der Waals surface area contributed by atoms with Crippen LogP contribution in [0.3, 0.4) is 0 Å². The zero-order chi connectivity index (χ0) is 9.38. The van der Waals surface area contributed by atoms with Crippen LogP contribution in [0.2, 0.25) is 0 Å². The van der Waals surface area contributed by atoms with E-state index in [1.165, 1.54) is 0 Å². The minimum atomic E-state index is 0.465. The number of fused-ring (bicyclic) bond motifs is 1. The summed E-state index contributed by atoms with van der Waals surface area (Å²) < 4.78 is 7.02. The highest BCUT2D eigenvalue weighted by Gasteiger charge is 2.05. The molecule has 0 saturated heterocycles. The second-order valence-electron chi connectivity index (χ2n) is 2.85. The fraction of sp³-hybridized carbons (Fsp3) is 0. The average Bonchev–Trinajstić information content (AvgIpc) is 2.86. The first-order chi connectivity index (χ1) is 6.93. The zero-order valence-corrected chi connectivity index (χ0v) is 7.21. The molecule has 0 amide bonds. The highest BCUT2D eigenvalue weighted by Crippen LogP contribution is 2.16. The minimum Gasteiger partial charge on any atom is -0.422 e. The van der Waals surface area contributed by atoms with Gasteiger partial charge in [0.15, 0.2) is 5.58 Å². The fourth-order valence-electron chi connectivity index (χ4n) is 1.30. The average molecular weight is 184 g/mol. The van der Waals surface area contributed by atoms with E-state index >= 15 is 0 Å². The maximum atomic E-state index is 5.48. The number of aromatic nitrogens is 3. The molecule has 0 atom stereocenters. The topological polar surface area (TPSA) is 43.9 Å². The highest BCUT2D eigenvalue weighted by molar-refractivity contribution is 5.72. The van der Waals surface area contributed by atoms with Crippen LogP contribution in [0, 0.1) is 6.20 Å². The first kappa shape index (κ1) is 7.32. The van der Waals surface area contributed by atoms with Gasteiger partial charge in [0, 0.05) is 6.20 Å². The number of hydrogen-bond acceptors (Lipinski definition) is 3. The van der Waals surface area contributed by atoms with Crippen LogP contribution in [-0.2, 0) is 0 Å². The van der Waals surface area contributed by atoms with Gasteiger partial charge in [0.1, 0.15) is 11.7 Å². The zero-order valence-electron chi connectivity index (χ0n) is 7.21. The lowest BCUT2D eigenvalue weighted by Crippen LogP contribution is -1.93. The predicted molar refractivity (Wildman–Crippen MR) is 50.0 cm³/mol. The van der Waals surface area contributed by atoms with Gasteiger partial charge in [0.2, 0.25) is 0 Å². The van der Waals surface area contributed by atoms with E-state index in [1.54, 1.807) is 16.9 Å². The van der Waals surface area contributed by atoms with Crippen molar-refractivity contribution in [3.8, 4) is 6.01 Å². The Hall–Kier alpha value is -2.10. The van der Waals surface area contributed by atoms with Crippen molar-refractivity contribution in [2.75, 3.05) is 0 Å². The molecule has 4 heteroatoms. The van der Waals surface area contributed by atoms with Gasteiger partial charge in [0.05, 0.1) is 0 Å². The van der Waals surface area contributed by atoms with Gasteiger partial charge in [-0.25, -0.2) is 0 Å². The lowest BCUT2D eigenvalue weighted by atomic mass is 10.3. The molecule has 0 bridgehead atoms. The number of hydrogen-bond donors (Lipinski definition) is 0. The summed E-state index contributed by atoms with van der Waals surface area (Å²) in [6, 6.07) is 9.77. The molecule has 0 fully saturated rings. The normalized spacial score (nSPS) is 10.9. The molecule has 0 spiro atoms. The van der Waals surface area contributed by atoms with Crippen LogP contribution in [0.5, 0.6) is 0 Å². The Bertz CT molecular complexity index is 521. The van der Waals surface area contributed by atoms with Gasteiger partial charge < -0.3 is 4.42 Å². The van der Waals surface area contributed by atoms with Gasteiger partial charge in [-0.1, -0.05) is 12.1 Å². The Balaban J connectivity index is 2.24. The molecule has 4 nitrogen and oxygen atoms in total. The van der Waals surface area contributed by atoms with Gasteiger partial charge in [-0.3, -0.25) is 0 Å². The summed E-state index contributed by atoms with van der Waals surface area (Å²) in [5, 5.41) is 3.92. The molecule has 0 aliphatic carbocycles. The summed E-state index contributed by atoms with van der Waals surface area (Å²) in [6.07, 6.45) is 4.43. The van der Waals surface area contributed by atoms with Crippen LogP contribution in [0.25, 0.3) is 17.1 Å². The Labute approximate surface area is 79.8 Å². The Morgan fingerprint density at radius 1 is 1.29 bits per heavy atom. The third kappa shape index (κ3) is 1.01. The predicted octanol–water partition coefficient (Wildman–Crippen LogP) is 1.81. The van der Waals surface area contributed by atoms with Crippen molar-refractivity contribution in [3.63, 3.8) is 0 Å². The molecule has 1 aromatic carbocycles. The summed E-state index contributed by atoms with van der Waals surface area (Å²) >= 11 is 0. The summed E-state index contributed by atoms with van der Waals surface area (Å²) in [5.41, 5.74) is 1.59. The molecule has 0 unspecified atom stereocenters. The molecule has 2 aromatic heterocycles. The van der Waals surface area contributed by atoms with E-state index in [4.69, 9.17) is 4.42 Å². The molecule has 3 rings (SSSR count). The standard InChI is InChI=1S/C10H6N3O/c1-2-5-9-8(4-1)12-10(14-9)13-7-3-6-11-13/h1-5,7H. The molecular formula is C10H6N3O. The first-order valence-electron chi connectivity index (χ1n) is 4.21. The van der Waals surface area contributed by atoms with E-state index in [2.05, 4.69) is 16.3 Å². The Morgan fingerprint density at radius 2 is 2.21 bits per heavy atom. The van der Waals surface area contributed by atoms with Crippen LogP contribution >= 0.6 is 0 Å². The van der Waals surface area contributed by atoms with Gasteiger partial charge in [-0.05, 0) is 18.2 Å². The van der Waals surface area contributed by atoms with Crippen molar-refractivity contribution in [2.24, 2.45) is 0 Å². The number of para-hydroxylation sites is 2. The van der Waals surface area contributed by atoms with Crippen molar-refractivity contribution in [1.29, 1.82) is 0 Å². The van der Waals surface area contributed by atoms with Gasteiger partial charge in [-0.2, -0.15) is 14.8 Å². The molecule has 1 radical (unpaired) electrons. The van der Waals surface area contributed by atoms with Crippen LogP contribution in [0.4, 0.5) is 0 Å². The molecule has 2 heterocycles. The van der Waals surface area contributed by atoms with E-state index in [0.717, 1.165) is 11.1 Å². The lowest BCUT2D eigenvalue weighted by molar-refractivity contribution is 0.543. The summed E-state index contributed by atoms with van der Waals surface area (Å²) in [6.45, 7) is 0. The molecule has 67 valence electrons. The summed E-state index contributed by atoms with van der Waals surface area (Å²) in [7, 11) is 0. The smallest absolute Gasteiger partial charge is 0.323 e. The van der Waals surface area contributed by atoms with E-state index in [-0.39, 0.29) is 0 Å². The second-order valence-corrected chi connectivity index (χ2v) is 2.85. The largest absolute Gasteiger partial charge is 0.422 e. The maximum Gasteiger partial charge on any atom is 0.323 e. The number of nitrogens with zero attached hydrogens (tertiary/aromatic N) is 3. The summed E-state index contributed by atoms with van der Waals surface area (Å²) in [4.78, 5) is 4.27. The molecule has 0 aliphatic rings. The first-order valence-corrected chi connectivity index (χ1v) is 4.21. The van der Waals surface area contributed by atoms with E-state index in [9.17, 15) is 0 Å². The van der Waals surface area contributed by atoms with Crippen molar-refractivity contribution >= 4 is 11.1 Å². The maximum absolute atomic E-state index is 5.48. The van der Waals surface area contributed by atoms with Crippen LogP contribution < -0.4 is 0 Å². The third-order valence-electron chi connectivity index (χ3n) is 1.93. The lowest BCUT2D eigenvalue weighted by Gasteiger charge is -1.89. The second kappa shape index (κ2) is 2.70. The van der Waals surface area contributed by atoms with Crippen LogP contribution in [0.15, 0.2) is 40.9 Å². The monoisotopic (exact) mass is 184 g/mol. The van der Waals surface area contributed by atoms with Gasteiger partial charge in [0.25, 0.3) is 0 Å². The number of oxazole rings is 1. The van der Waals surface area contributed by atoms with Crippen LogP contribution in [-0.4, -0.2) is 14.8 Å². The molecule has 0 saturated carbocycles. The van der Waals surface area contributed by atoms with E-state index in [1.807, 2.05) is 24.3 Å². The van der Waals surface area contributed by atoms with Gasteiger partial charge >= 0.3 is 6.01 Å². The molecule has 0 aliphatic heterocycles. The third-order valence-corrected chi connectivity index (χ3v) is 1.93. The van der Waals surface area contributed by atoms with Gasteiger partial charge in [-0.15, -0.1) is 0 Å². The molecular weight excluding hydrogens is 178 g/mol. The Kier molecular flexibility index (Phi) is 1.41. The highest BCUT2D eigenvalue weighted by atomic mass is 16.4. The van der Waals surface area contributed by atoms with Crippen molar-refractivity contribution in [2.45, 2.75) is 0 Å². The van der Waals surface area contributed by atoms with Crippen LogP contribution in [0.1, 0.15) is 0 Å². The Morgan fingerprint density at radius 3 is 3.00 bits per heavy atom. The summed E-state index contributed by atoms with van der Waals surface area (Å²) in [5.74, 6) is 0. The molecule has 14 heavy (non-hydrogen) atoms.